The molecule has 0 rings (SSSR count). The molecule has 0 aromatic heterocycles. The molecule has 86 valence electrons. The number of rotatable bonds is 9. The first-order valence-corrected chi connectivity index (χ1v) is 6.59. The molecule has 0 aromatic rings. The van der Waals surface area contributed by atoms with Crippen molar-refractivity contribution in [2.75, 3.05) is 25.9 Å². The van der Waals surface area contributed by atoms with Gasteiger partial charge >= 0.3 is 0 Å². The topological polar surface area (TPSA) is 3.24 Å². The fourth-order valence-corrected chi connectivity index (χ4v) is 1.66. The van der Waals surface area contributed by atoms with Gasteiger partial charge in [0.05, 0.1) is 0 Å². The fourth-order valence-electron chi connectivity index (χ4n) is 1.44. The van der Waals surface area contributed by atoms with Gasteiger partial charge in [-0.25, -0.2) is 0 Å². The Morgan fingerprint density at radius 3 is 2.21 bits per heavy atom. The van der Waals surface area contributed by atoms with E-state index in [-0.39, 0.29) is 0 Å². The molecule has 0 aromatic carbocycles. The highest BCUT2D eigenvalue weighted by atomic mass is 32.1. The summed E-state index contributed by atoms with van der Waals surface area (Å²) in [6.07, 6.45) is 6.67. The van der Waals surface area contributed by atoms with Crippen molar-refractivity contribution >= 4 is 12.6 Å². The maximum absolute atomic E-state index is 4.21. The smallest absolute Gasteiger partial charge is 0.00194 e. The minimum atomic E-state index is 0.835. The summed E-state index contributed by atoms with van der Waals surface area (Å²) in [6.45, 7) is 7.10. The van der Waals surface area contributed by atoms with E-state index in [4.69, 9.17) is 0 Å². The Kier molecular flexibility index (Phi) is 10.1. The average Bonchev–Trinajstić information content (AvgIpc) is 2.14. The van der Waals surface area contributed by atoms with Crippen molar-refractivity contribution in [2.45, 2.75) is 46.0 Å². The molecule has 0 atom stereocenters. The predicted octanol–water partition coefficient (Wildman–Crippen LogP) is 3.45. The monoisotopic (exact) mass is 217 g/mol. The Labute approximate surface area is 95.7 Å². The van der Waals surface area contributed by atoms with Crippen LogP contribution in [0.3, 0.4) is 0 Å². The zero-order valence-corrected chi connectivity index (χ0v) is 11.0. The van der Waals surface area contributed by atoms with Crippen molar-refractivity contribution in [3.63, 3.8) is 0 Å². The maximum Gasteiger partial charge on any atom is -0.00194 e. The van der Waals surface area contributed by atoms with Crippen molar-refractivity contribution < 1.29 is 0 Å². The standard InChI is InChI=1S/C12H27NS/c1-12(2)8-10-13(3)9-6-4-5-7-11-14/h12,14H,4-11H2,1-3H3. The van der Waals surface area contributed by atoms with Crippen molar-refractivity contribution in [2.24, 2.45) is 5.92 Å². The van der Waals surface area contributed by atoms with Crippen LogP contribution in [0.1, 0.15) is 46.0 Å². The van der Waals surface area contributed by atoms with Crippen LogP contribution in [0.4, 0.5) is 0 Å². The van der Waals surface area contributed by atoms with Crippen LogP contribution in [0.15, 0.2) is 0 Å². The molecular formula is C12H27NS. The fraction of sp³-hybridized carbons (Fsp3) is 1.00. The van der Waals surface area contributed by atoms with Crippen molar-refractivity contribution in [3.8, 4) is 0 Å². The SMILES string of the molecule is CC(C)CCN(C)CCCCCCS. The van der Waals surface area contributed by atoms with Gasteiger partial charge in [-0.15, -0.1) is 0 Å². The Hall–Kier alpha value is 0.310. The summed E-state index contributed by atoms with van der Waals surface area (Å²) in [6, 6.07) is 0. The minimum absolute atomic E-state index is 0.835. The van der Waals surface area contributed by atoms with Gasteiger partial charge in [0.25, 0.3) is 0 Å². The summed E-state index contributed by atoms with van der Waals surface area (Å²) in [5.41, 5.74) is 0. The van der Waals surface area contributed by atoms with Gasteiger partial charge in [0.15, 0.2) is 0 Å². The maximum atomic E-state index is 4.21. The zero-order valence-electron chi connectivity index (χ0n) is 10.1. The normalized spacial score (nSPS) is 11.6. The molecular weight excluding hydrogens is 190 g/mol. The molecule has 0 amide bonds. The quantitative estimate of drug-likeness (QED) is 0.457. The van der Waals surface area contributed by atoms with Crippen LogP contribution in [-0.2, 0) is 0 Å². The second-order valence-electron chi connectivity index (χ2n) is 4.62. The van der Waals surface area contributed by atoms with Crippen LogP contribution in [0.5, 0.6) is 0 Å². The summed E-state index contributed by atoms with van der Waals surface area (Å²) in [7, 11) is 2.24. The van der Waals surface area contributed by atoms with Crippen LogP contribution >= 0.6 is 12.6 Å². The highest BCUT2D eigenvalue weighted by molar-refractivity contribution is 7.80. The average molecular weight is 217 g/mol. The van der Waals surface area contributed by atoms with E-state index in [1.165, 1.54) is 45.2 Å². The zero-order chi connectivity index (χ0) is 10.8. The van der Waals surface area contributed by atoms with Crippen molar-refractivity contribution in [1.82, 2.24) is 4.90 Å². The highest BCUT2D eigenvalue weighted by Crippen LogP contribution is 2.04. The van der Waals surface area contributed by atoms with E-state index >= 15 is 0 Å². The first-order valence-electron chi connectivity index (χ1n) is 5.96. The van der Waals surface area contributed by atoms with Gasteiger partial charge in [-0.1, -0.05) is 26.7 Å². The lowest BCUT2D eigenvalue weighted by Gasteiger charge is -2.17. The third kappa shape index (κ3) is 10.4. The molecule has 0 bridgehead atoms. The summed E-state index contributed by atoms with van der Waals surface area (Å²) < 4.78 is 0. The van der Waals surface area contributed by atoms with E-state index in [0.29, 0.717) is 0 Å². The van der Waals surface area contributed by atoms with Gasteiger partial charge in [0.1, 0.15) is 0 Å². The molecule has 0 spiro atoms. The molecule has 14 heavy (non-hydrogen) atoms. The van der Waals surface area contributed by atoms with Gasteiger partial charge < -0.3 is 4.90 Å². The molecule has 0 heterocycles. The molecule has 0 N–H and O–H groups in total. The molecule has 0 radical (unpaired) electrons. The summed E-state index contributed by atoms with van der Waals surface area (Å²) >= 11 is 4.21. The Morgan fingerprint density at radius 1 is 1.00 bits per heavy atom. The van der Waals surface area contributed by atoms with E-state index in [9.17, 15) is 0 Å². The molecule has 0 aliphatic carbocycles. The largest absolute Gasteiger partial charge is 0.306 e. The van der Waals surface area contributed by atoms with Crippen LogP contribution in [0.25, 0.3) is 0 Å². The summed E-state index contributed by atoms with van der Waals surface area (Å²) in [4.78, 5) is 2.46. The Balaban J connectivity index is 3.14. The van der Waals surface area contributed by atoms with E-state index in [0.717, 1.165) is 11.7 Å². The minimum Gasteiger partial charge on any atom is -0.306 e. The third-order valence-corrected chi connectivity index (χ3v) is 2.85. The van der Waals surface area contributed by atoms with Gasteiger partial charge in [-0.3, -0.25) is 0 Å². The predicted molar refractivity (Wildman–Crippen MR) is 69.3 cm³/mol. The van der Waals surface area contributed by atoms with E-state index < -0.39 is 0 Å². The lowest BCUT2D eigenvalue weighted by molar-refractivity contribution is 0.303. The molecule has 2 heteroatoms. The first-order chi connectivity index (χ1) is 6.66. The van der Waals surface area contributed by atoms with Crippen LogP contribution < -0.4 is 0 Å². The van der Waals surface area contributed by atoms with Crippen molar-refractivity contribution in [3.05, 3.63) is 0 Å². The summed E-state index contributed by atoms with van der Waals surface area (Å²) in [5, 5.41) is 0. The number of hydrogen-bond acceptors (Lipinski definition) is 2. The van der Waals surface area contributed by atoms with Crippen LogP contribution in [-0.4, -0.2) is 30.8 Å². The summed E-state index contributed by atoms with van der Waals surface area (Å²) in [5.74, 6) is 1.88. The Bertz CT molecular complexity index is 115. The number of thiol groups is 1. The van der Waals surface area contributed by atoms with Gasteiger partial charge in [-0.05, 0) is 51.1 Å². The van der Waals surface area contributed by atoms with Crippen LogP contribution in [0, 0.1) is 5.92 Å². The number of hydrogen-bond donors (Lipinski definition) is 1. The van der Waals surface area contributed by atoms with Crippen molar-refractivity contribution in [1.29, 1.82) is 0 Å². The van der Waals surface area contributed by atoms with Gasteiger partial charge in [0, 0.05) is 0 Å². The Morgan fingerprint density at radius 2 is 1.64 bits per heavy atom. The lowest BCUT2D eigenvalue weighted by Crippen LogP contribution is -2.21. The van der Waals surface area contributed by atoms with E-state index in [2.05, 4.69) is 38.4 Å². The molecule has 0 aliphatic rings. The molecule has 0 unspecified atom stereocenters. The lowest BCUT2D eigenvalue weighted by atomic mass is 10.1. The second-order valence-corrected chi connectivity index (χ2v) is 5.07. The number of nitrogens with zero attached hydrogens (tertiary/aromatic N) is 1. The molecule has 0 saturated heterocycles. The van der Waals surface area contributed by atoms with Gasteiger partial charge in [0.2, 0.25) is 0 Å². The number of unbranched alkanes of at least 4 members (excludes halogenated alkanes) is 3. The molecule has 0 saturated carbocycles. The molecule has 0 fully saturated rings. The second kappa shape index (κ2) is 9.85. The third-order valence-electron chi connectivity index (χ3n) is 2.54. The van der Waals surface area contributed by atoms with Gasteiger partial charge in [-0.2, -0.15) is 12.6 Å². The molecule has 0 aliphatic heterocycles. The molecule has 1 nitrogen and oxygen atoms in total. The highest BCUT2D eigenvalue weighted by Gasteiger charge is 1.99. The first kappa shape index (κ1) is 14.3. The van der Waals surface area contributed by atoms with E-state index in [1.807, 2.05) is 0 Å². The van der Waals surface area contributed by atoms with Crippen LogP contribution in [0.2, 0.25) is 0 Å². The van der Waals surface area contributed by atoms with E-state index in [1.54, 1.807) is 0 Å².